The topological polar surface area (TPSA) is 65.8 Å². The first-order chi connectivity index (χ1) is 12.0. The molecule has 6 heteroatoms. The van der Waals surface area contributed by atoms with Gasteiger partial charge >= 0.3 is 0 Å². The number of carbonyl (C=O) groups is 2. The van der Waals surface area contributed by atoms with Gasteiger partial charge in [-0.3, -0.25) is 9.59 Å². The molecule has 1 aromatic heterocycles. The van der Waals surface area contributed by atoms with Gasteiger partial charge in [0.2, 0.25) is 11.8 Å². The fraction of sp³-hybridized carbons (Fsp3) is 0.474. The molecule has 2 heterocycles. The van der Waals surface area contributed by atoms with Crippen LogP contribution in [0.1, 0.15) is 11.1 Å². The molecule has 1 fully saturated rings. The van der Waals surface area contributed by atoms with Crippen molar-refractivity contribution in [2.75, 3.05) is 40.3 Å². The molecule has 1 saturated heterocycles. The molecule has 1 N–H and O–H groups in total. The van der Waals surface area contributed by atoms with Gasteiger partial charge in [0, 0.05) is 44.2 Å². The Hall–Kier alpha value is -2.34. The van der Waals surface area contributed by atoms with E-state index in [0.29, 0.717) is 26.1 Å². The van der Waals surface area contributed by atoms with Crippen LogP contribution < -0.4 is 5.32 Å². The maximum atomic E-state index is 12.8. The average Bonchev–Trinajstić information content (AvgIpc) is 2.86. The van der Waals surface area contributed by atoms with Gasteiger partial charge in [-0.1, -0.05) is 12.1 Å². The number of nitrogens with one attached hydrogen (secondary N) is 1. The zero-order chi connectivity index (χ0) is 18.0. The van der Waals surface area contributed by atoms with Crippen LogP contribution in [0.5, 0.6) is 0 Å². The van der Waals surface area contributed by atoms with Crippen LogP contribution in [0, 0.1) is 12.8 Å². The Morgan fingerprint density at radius 3 is 2.84 bits per heavy atom. The average molecular weight is 343 g/mol. The number of aryl methyl sites for hydroxylation is 1. The second-order valence-electron chi connectivity index (χ2n) is 6.85. The van der Waals surface area contributed by atoms with E-state index >= 15 is 0 Å². The minimum absolute atomic E-state index is 0.0178. The monoisotopic (exact) mass is 343 g/mol. The Bertz CT molecular complexity index is 783. The number of hydrogen-bond acceptors (Lipinski definition) is 4. The van der Waals surface area contributed by atoms with Crippen LogP contribution in [-0.2, 0) is 16.0 Å². The SMILES string of the molecule is CNC(=O)[C@H]1CN(C)CCN(C(=O)Cc2coc3cc(C)ccc23)C1. The van der Waals surface area contributed by atoms with Crippen LogP contribution in [0.4, 0.5) is 0 Å². The van der Waals surface area contributed by atoms with Crippen LogP contribution in [0.3, 0.4) is 0 Å². The summed E-state index contributed by atoms with van der Waals surface area (Å²) in [6, 6.07) is 6.00. The summed E-state index contributed by atoms with van der Waals surface area (Å²) in [5.41, 5.74) is 2.83. The molecule has 25 heavy (non-hydrogen) atoms. The molecule has 0 saturated carbocycles. The Morgan fingerprint density at radius 1 is 1.28 bits per heavy atom. The van der Waals surface area contributed by atoms with Gasteiger partial charge in [0.05, 0.1) is 18.6 Å². The summed E-state index contributed by atoms with van der Waals surface area (Å²) in [7, 11) is 3.62. The van der Waals surface area contributed by atoms with Gasteiger partial charge in [0.15, 0.2) is 0 Å². The lowest BCUT2D eigenvalue weighted by molar-refractivity contribution is -0.132. The van der Waals surface area contributed by atoms with E-state index in [-0.39, 0.29) is 17.7 Å². The quantitative estimate of drug-likeness (QED) is 0.915. The molecule has 0 bridgehead atoms. The van der Waals surface area contributed by atoms with E-state index in [0.717, 1.165) is 28.6 Å². The van der Waals surface area contributed by atoms with E-state index in [2.05, 4.69) is 10.2 Å². The van der Waals surface area contributed by atoms with Crippen LogP contribution >= 0.6 is 0 Å². The Morgan fingerprint density at radius 2 is 2.08 bits per heavy atom. The molecular formula is C19H25N3O3. The lowest BCUT2D eigenvalue weighted by Crippen LogP contribution is -2.41. The number of fused-ring (bicyclic) bond motifs is 1. The Balaban J connectivity index is 1.75. The zero-order valence-electron chi connectivity index (χ0n) is 15.0. The fourth-order valence-corrected chi connectivity index (χ4v) is 3.37. The number of nitrogens with zero attached hydrogens (tertiary/aromatic N) is 2. The molecule has 1 aliphatic heterocycles. The molecular weight excluding hydrogens is 318 g/mol. The largest absolute Gasteiger partial charge is 0.464 e. The van der Waals surface area contributed by atoms with Crippen LogP contribution in [0.2, 0.25) is 0 Å². The molecule has 2 aromatic rings. The third kappa shape index (κ3) is 3.85. The van der Waals surface area contributed by atoms with Crippen molar-refractivity contribution in [3.8, 4) is 0 Å². The first-order valence-electron chi connectivity index (χ1n) is 8.62. The number of amides is 2. The molecule has 1 aliphatic rings. The lowest BCUT2D eigenvalue weighted by Gasteiger charge is -2.23. The summed E-state index contributed by atoms with van der Waals surface area (Å²) in [6.07, 6.45) is 1.96. The van der Waals surface area contributed by atoms with Crippen molar-refractivity contribution in [2.45, 2.75) is 13.3 Å². The highest BCUT2D eigenvalue weighted by molar-refractivity contribution is 5.88. The third-order valence-corrected chi connectivity index (χ3v) is 4.85. The van der Waals surface area contributed by atoms with E-state index in [4.69, 9.17) is 4.42 Å². The first kappa shape index (κ1) is 17.5. The number of benzene rings is 1. The van der Waals surface area contributed by atoms with Gasteiger partial charge in [-0.05, 0) is 25.6 Å². The van der Waals surface area contributed by atoms with E-state index in [1.807, 2.05) is 32.2 Å². The van der Waals surface area contributed by atoms with Crippen molar-refractivity contribution in [3.05, 3.63) is 35.6 Å². The highest BCUT2D eigenvalue weighted by Crippen LogP contribution is 2.23. The predicted molar refractivity (Wildman–Crippen MR) is 96.3 cm³/mol. The maximum absolute atomic E-state index is 12.8. The third-order valence-electron chi connectivity index (χ3n) is 4.85. The minimum atomic E-state index is -0.204. The Labute approximate surface area is 147 Å². The van der Waals surface area contributed by atoms with E-state index < -0.39 is 0 Å². The fourth-order valence-electron chi connectivity index (χ4n) is 3.37. The summed E-state index contributed by atoms with van der Waals surface area (Å²) >= 11 is 0. The highest BCUT2D eigenvalue weighted by Gasteiger charge is 2.28. The van der Waals surface area contributed by atoms with Crippen molar-refractivity contribution in [3.63, 3.8) is 0 Å². The number of carbonyl (C=O) groups excluding carboxylic acids is 2. The van der Waals surface area contributed by atoms with E-state index in [9.17, 15) is 9.59 Å². The zero-order valence-corrected chi connectivity index (χ0v) is 15.0. The molecule has 0 aliphatic carbocycles. The number of rotatable bonds is 3. The van der Waals surface area contributed by atoms with Crippen LogP contribution in [0.25, 0.3) is 11.0 Å². The number of furan rings is 1. The van der Waals surface area contributed by atoms with Crippen molar-refractivity contribution in [1.29, 1.82) is 0 Å². The normalized spacial score (nSPS) is 19.0. The summed E-state index contributed by atoms with van der Waals surface area (Å²) in [6.45, 7) is 4.54. The van der Waals surface area contributed by atoms with Gasteiger partial charge < -0.3 is 19.5 Å². The summed E-state index contributed by atoms with van der Waals surface area (Å²) in [5, 5.41) is 3.68. The van der Waals surface area contributed by atoms with Gasteiger partial charge in [-0.2, -0.15) is 0 Å². The van der Waals surface area contributed by atoms with Gasteiger partial charge in [-0.25, -0.2) is 0 Å². The van der Waals surface area contributed by atoms with Crippen molar-refractivity contribution < 1.29 is 14.0 Å². The van der Waals surface area contributed by atoms with Crippen molar-refractivity contribution in [2.24, 2.45) is 5.92 Å². The first-order valence-corrected chi connectivity index (χ1v) is 8.62. The number of likely N-dealkylation sites (N-methyl/N-ethyl adjacent to an activating group) is 1. The molecule has 1 aromatic carbocycles. The molecule has 0 radical (unpaired) electrons. The molecule has 6 nitrogen and oxygen atoms in total. The number of hydrogen-bond donors (Lipinski definition) is 1. The summed E-state index contributed by atoms with van der Waals surface area (Å²) < 4.78 is 5.59. The molecule has 134 valence electrons. The van der Waals surface area contributed by atoms with Crippen LogP contribution in [-0.4, -0.2) is 61.9 Å². The molecule has 3 rings (SSSR count). The molecule has 0 unspecified atom stereocenters. The van der Waals surface area contributed by atoms with Crippen LogP contribution in [0.15, 0.2) is 28.9 Å². The predicted octanol–water partition coefficient (Wildman–Crippen LogP) is 1.42. The highest BCUT2D eigenvalue weighted by atomic mass is 16.3. The maximum Gasteiger partial charge on any atom is 0.227 e. The standard InChI is InChI=1S/C19H25N3O3/c1-13-4-5-16-14(12-25-17(16)8-13)9-18(23)22-7-6-21(3)10-15(11-22)19(24)20-2/h4-5,8,12,15H,6-7,9-11H2,1-3H3,(H,20,24)/t15-/m0/s1. The molecule has 2 amide bonds. The lowest BCUT2D eigenvalue weighted by atomic mass is 10.1. The second-order valence-corrected chi connectivity index (χ2v) is 6.85. The summed E-state index contributed by atoms with van der Waals surface area (Å²) in [4.78, 5) is 28.8. The molecule has 1 atom stereocenters. The van der Waals surface area contributed by atoms with E-state index in [1.54, 1.807) is 18.2 Å². The smallest absolute Gasteiger partial charge is 0.227 e. The Kier molecular flexibility index (Phi) is 5.08. The van der Waals surface area contributed by atoms with Crippen molar-refractivity contribution in [1.82, 2.24) is 15.1 Å². The van der Waals surface area contributed by atoms with E-state index in [1.165, 1.54) is 0 Å². The minimum Gasteiger partial charge on any atom is -0.464 e. The summed E-state index contributed by atoms with van der Waals surface area (Å²) in [5.74, 6) is -0.187. The van der Waals surface area contributed by atoms with Gasteiger partial charge in [-0.15, -0.1) is 0 Å². The van der Waals surface area contributed by atoms with Gasteiger partial charge in [0.1, 0.15) is 5.58 Å². The van der Waals surface area contributed by atoms with Crippen molar-refractivity contribution >= 4 is 22.8 Å². The van der Waals surface area contributed by atoms with Gasteiger partial charge in [0.25, 0.3) is 0 Å². The molecule has 0 spiro atoms. The second kappa shape index (κ2) is 7.27.